The van der Waals surface area contributed by atoms with Crippen molar-refractivity contribution in [3.63, 3.8) is 0 Å². The fraction of sp³-hybridized carbons (Fsp3) is 0.500. The Kier molecular flexibility index (Phi) is 7.32. The van der Waals surface area contributed by atoms with Crippen LogP contribution in [-0.2, 0) is 9.59 Å². The zero-order valence-corrected chi connectivity index (χ0v) is 15.4. The van der Waals surface area contributed by atoms with Gasteiger partial charge in [0.15, 0.2) is 0 Å². The highest BCUT2D eigenvalue weighted by molar-refractivity contribution is 6.39. The first-order valence-corrected chi connectivity index (χ1v) is 8.15. The Hall–Kier alpha value is -1.30. The lowest BCUT2D eigenvalue weighted by Crippen LogP contribution is -2.47. The Morgan fingerprint density at radius 2 is 1.61 bits per heavy atom. The maximum absolute atomic E-state index is 12.2. The van der Waals surface area contributed by atoms with Crippen molar-refractivity contribution in [2.45, 2.75) is 33.2 Å². The topological polar surface area (TPSA) is 61.4 Å². The van der Waals surface area contributed by atoms with Crippen LogP contribution in [0.5, 0.6) is 0 Å². The van der Waals surface area contributed by atoms with Crippen LogP contribution in [0.2, 0.25) is 10.0 Å². The van der Waals surface area contributed by atoms with E-state index in [2.05, 4.69) is 10.6 Å². The minimum Gasteiger partial charge on any atom is -0.350 e. The Labute approximate surface area is 147 Å². The molecule has 1 rings (SSSR count). The van der Waals surface area contributed by atoms with E-state index < -0.39 is 0 Å². The molecule has 0 aromatic heterocycles. The van der Waals surface area contributed by atoms with Crippen molar-refractivity contribution in [3.8, 4) is 0 Å². The number of likely N-dealkylation sites (N-methyl/N-ethyl adjacent to an activating group) is 1. The van der Waals surface area contributed by atoms with Gasteiger partial charge in [-0.05, 0) is 39.4 Å². The number of anilines is 1. The van der Waals surface area contributed by atoms with Crippen LogP contribution < -0.4 is 10.6 Å². The van der Waals surface area contributed by atoms with Gasteiger partial charge in [0, 0.05) is 5.54 Å². The Morgan fingerprint density at radius 1 is 1.09 bits per heavy atom. The third-order valence-corrected chi connectivity index (χ3v) is 3.55. The summed E-state index contributed by atoms with van der Waals surface area (Å²) in [5.74, 6) is -0.395. The molecule has 0 aliphatic carbocycles. The third kappa shape index (κ3) is 7.20. The van der Waals surface area contributed by atoms with Gasteiger partial charge in [-0.25, -0.2) is 0 Å². The molecule has 5 nitrogen and oxygen atoms in total. The van der Waals surface area contributed by atoms with Crippen molar-refractivity contribution in [3.05, 3.63) is 28.2 Å². The van der Waals surface area contributed by atoms with E-state index in [1.165, 1.54) is 0 Å². The summed E-state index contributed by atoms with van der Waals surface area (Å²) in [6, 6.07) is 5.00. The van der Waals surface area contributed by atoms with Gasteiger partial charge in [0.2, 0.25) is 11.8 Å². The Morgan fingerprint density at radius 3 is 2.09 bits per heavy atom. The highest BCUT2D eigenvalue weighted by atomic mass is 35.5. The predicted molar refractivity (Wildman–Crippen MR) is 95.1 cm³/mol. The normalized spacial score (nSPS) is 11.4. The largest absolute Gasteiger partial charge is 0.350 e. The van der Waals surface area contributed by atoms with E-state index in [-0.39, 0.29) is 30.4 Å². The smallest absolute Gasteiger partial charge is 0.238 e. The summed E-state index contributed by atoms with van der Waals surface area (Å²) in [5, 5.41) is 6.31. The van der Waals surface area contributed by atoms with Crippen LogP contribution in [0.15, 0.2) is 18.2 Å². The second kappa shape index (κ2) is 8.52. The van der Waals surface area contributed by atoms with Gasteiger partial charge >= 0.3 is 0 Å². The number of carbonyl (C=O) groups excluding carboxylic acids is 2. The number of hydrogen-bond donors (Lipinski definition) is 2. The number of nitrogens with one attached hydrogen (secondary N) is 2. The molecule has 0 spiro atoms. The van der Waals surface area contributed by atoms with Gasteiger partial charge in [0.05, 0.1) is 28.8 Å². The molecule has 128 valence electrons. The average molecular weight is 360 g/mol. The number of hydrogen-bond acceptors (Lipinski definition) is 3. The number of benzene rings is 1. The second-order valence-corrected chi connectivity index (χ2v) is 7.06. The molecule has 0 atom stereocenters. The molecule has 0 radical (unpaired) electrons. The summed E-state index contributed by atoms with van der Waals surface area (Å²) < 4.78 is 0. The number of nitrogens with zero attached hydrogens (tertiary/aromatic N) is 1. The number of para-hydroxylation sites is 1. The van der Waals surface area contributed by atoms with E-state index in [0.29, 0.717) is 22.3 Å². The molecule has 0 bridgehead atoms. The zero-order chi connectivity index (χ0) is 17.6. The molecular formula is C16H23Cl2N3O2. The van der Waals surface area contributed by atoms with Gasteiger partial charge in [-0.3, -0.25) is 14.5 Å². The molecule has 0 saturated carbocycles. The minimum atomic E-state index is -0.302. The molecular weight excluding hydrogens is 337 g/mol. The van der Waals surface area contributed by atoms with Crippen molar-refractivity contribution in [1.82, 2.24) is 10.2 Å². The predicted octanol–water partition coefficient (Wildman–Crippen LogP) is 3.17. The van der Waals surface area contributed by atoms with Gasteiger partial charge in [0.25, 0.3) is 0 Å². The molecule has 2 N–H and O–H groups in total. The molecule has 0 aliphatic rings. The first-order valence-electron chi connectivity index (χ1n) is 7.39. The molecule has 0 aliphatic heterocycles. The summed E-state index contributed by atoms with van der Waals surface area (Å²) in [6.07, 6.45) is 0. The van der Waals surface area contributed by atoms with Gasteiger partial charge in [-0.1, -0.05) is 36.2 Å². The van der Waals surface area contributed by atoms with Gasteiger partial charge < -0.3 is 10.6 Å². The van der Waals surface area contributed by atoms with Crippen molar-refractivity contribution < 1.29 is 9.59 Å². The monoisotopic (exact) mass is 359 g/mol. The van der Waals surface area contributed by atoms with E-state index in [1.807, 2.05) is 27.7 Å². The fourth-order valence-electron chi connectivity index (χ4n) is 1.94. The van der Waals surface area contributed by atoms with Crippen LogP contribution in [0, 0.1) is 0 Å². The Bertz CT molecular complexity index is 551. The van der Waals surface area contributed by atoms with Crippen LogP contribution in [-0.4, -0.2) is 41.9 Å². The van der Waals surface area contributed by atoms with E-state index >= 15 is 0 Å². The molecule has 0 saturated heterocycles. The molecule has 2 amide bonds. The van der Waals surface area contributed by atoms with Crippen molar-refractivity contribution in [1.29, 1.82) is 0 Å². The molecule has 1 aromatic carbocycles. The zero-order valence-electron chi connectivity index (χ0n) is 13.9. The van der Waals surface area contributed by atoms with E-state index in [1.54, 1.807) is 23.1 Å². The molecule has 0 unspecified atom stereocenters. The van der Waals surface area contributed by atoms with Crippen molar-refractivity contribution >= 4 is 40.7 Å². The minimum absolute atomic E-state index is 0.0790. The van der Waals surface area contributed by atoms with E-state index in [9.17, 15) is 9.59 Å². The van der Waals surface area contributed by atoms with Crippen LogP contribution in [0.1, 0.15) is 27.7 Å². The van der Waals surface area contributed by atoms with Gasteiger partial charge in [0.1, 0.15) is 0 Å². The summed E-state index contributed by atoms with van der Waals surface area (Å²) >= 11 is 12.0. The highest BCUT2D eigenvalue weighted by Crippen LogP contribution is 2.29. The Balaban J connectivity index is 2.62. The second-order valence-electron chi connectivity index (χ2n) is 6.25. The summed E-state index contributed by atoms with van der Waals surface area (Å²) in [5.41, 5.74) is 0.0835. The van der Waals surface area contributed by atoms with E-state index in [0.717, 1.165) is 0 Å². The van der Waals surface area contributed by atoms with Gasteiger partial charge in [-0.15, -0.1) is 0 Å². The molecule has 23 heavy (non-hydrogen) atoms. The third-order valence-electron chi connectivity index (χ3n) is 2.92. The lowest BCUT2D eigenvalue weighted by Gasteiger charge is -2.24. The van der Waals surface area contributed by atoms with Crippen molar-refractivity contribution in [2.75, 3.05) is 25.0 Å². The highest BCUT2D eigenvalue weighted by Gasteiger charge is 2.18. The average Bonchev–Trinajstić information content (AvgIpc) is 2.40. The molecule has 0 fully saturated rings. The molecule has 7 heteroatoms. The number of carbonyl (C=O) groups is 2. The van der Waals surface area contributed by atoms with Crippen LogP contribution in [0.3, 0.4) is 0 Å². The van der Waals surface area contributed by atoms with Crippen molar-refractivity contribution in [2.24, 2.45) is 0 Å². The summed E-state index contributed by atoms with van der Waals surface area (Å²) in [7, 11) is 0. The summed E-state index contributed by atoms with van der Waals surface area (Å²) in [4.78, 5) is 25.8. The number of halogens is 2. The van der Waals surface area contributed by atoms with Crippen LogP contribution >= 0.6 is 23.2 Å². The first-order chi connectivity index (χ1) is 10.6. The quantitative estimate of drug-likeness (QED) is 0.819. The standard InChI is InChI=1S/C16H23Cl2N3O2/c1-5-21(10-14(23)20-16(2,3)4)9-13(22)19-15-11(17)7-6-8-12(15)18/h6-8H,5,9-10H2,1-4H3,(H,19,22)(H,20,23). The lowest BCUT2D eigenvalue weighted by molar-refractivity contribution is -0.124. The number of amides is 2. The molecule has 1 aromatic rings. The molecule has 0 heterocycles. The maximum Gasteiger partial charge on any atom is 0.238 e. The van der Waals surface area contributed by atoms with E-state index in [4.69, 9.17) is 23.2 Å². The van der Waals surface area contributed by atoms with Gasteiger partial charge in [-0.2, -0.15) is 0 Å². The number of rotatable bonds is 6. The van der Waals surface area contributed by atoms with Crippen LogP contribution in [0.4, 0.5) is 5.69 Å². The first kappa shape index (κ1) is 19.7. The van der Waals surface area contributed by atoms with Crippen LogP contribution in [0.25, 0.3) is 0 Å². The fourth-order valence-corrected chi connectivity index (χ4v) is 2.43. The lowest BCUT2D eigenvalue weighted by atomic mass is 10.1. The maximum atomic E-state index is 12.2. The summed E-state index contributed by atoms with van der Waals surface area (Å²) in [6.45, 7) is 8.42. The SMILES string of the molecule is CCN(CC(=O)Nc1c(Cl)cccc1Cl)CC(=O)NC(C)(C)C.